The zero-order valence-electron chi connectivity index (χ0n) is 27.8. The molecule has 2 amide bonds. The summed E-state index contributed by atoms with van der Waals surface area (Å²) in [5.74, 6) is 0.479. The number of alkyl carbamates (subject to hydrolysis) is 1. The van der Waals surface area contributed by atoms with Crippen LogP contribution < -0.4 is 5.32 Å². The number of carbonyl (C=O) groups excluding carboxylic acids is 2. The van der Waals surface area contributed by atoms with Crippen LogP contribution in [0, 0.1) is 11.7 Å². The zero-order valence-corrected chi connectivity index (χ0v) is 27.8. The van der Waals surface area contributed by atoms with Crippen molar-refractivity contribution in [3.05, 3.63) is 59.8 Å². The Morgan fingerprint density at radius 3 is 2.47 bits per heavy atom. The highest BCUT2D eigenvalue weighted by molar-refractivity contribution is 5.99. The van der Waals surface area contributed by atoms with Crippen LogP contribution in [-0.2, 0) is 4.74 Å². The summed E-state index contributed by atoms with van der Waals surface area (Å²) in [4.78, 5) is 34.2. The van der Waals surface area contributed by atoms with Crippen molar-refractivity contribution in [1.29, 1.82) is 0 Å². The Balaban J connectivity index is 1.20. The number of hydrogen-bond acceptors (Lipinski definition) is 5. The Hall–Kier alpha value is -3.46. The van der Waals surface area contributed by atoms with Gasteiger partial charge in [-0.2, -0.15) is 0 Å². The summed E-state index contributed by atoms with van der Waals surface area (Å²) in [5, 5.41) is 4.19. The van der Waals surface area contributed by atoms with Crippen LogP contribution in [0.3, 0.4) is 0 Å². The van der Waals surface area contributed by atoms with Crippen LogP contribution in [0.4, 0.5) is 9.18 Å². The highest BCUT2D eigenvalue weighted by Gasteiger charge is 2.28. The molecule has 3 aromatic rings. The molecular weight excluding hydrogens is 569 g/mol. The predicted octanol–water partition coefficient (Wildman–Crippen LogP) is 7.30. The minimum absolute atomic E-state index is 0.00589. The third-order valence-corrected chi connectivity index (χ3v) is 9.63. The molecule has 9 heteroatoms. The maximum absolute atomic E-state index is 14.4. The lowest BCUT2D eigenvalue weighted by Gasteiger charge is -2.34. The smallest absolute Gasteiger partial charge is 0.407 e. The van der Waals surface area contributed by atoms with Crippen LogP contribution in [0.1, 0.15) is 101 Å². The quantitative estimate of drug-likeness (QED) is 0.286. The van der Waals surface area contributed by atoms with Gasteiger partial charge in [0.15, 0.2) is 0 Å². The van der Waals surface area contributed by atoms with E-state index in [9.17, 15) is 14.0 Å². The van der Waals surface area contributed by atoms with Crippen molar-refractivity contribution in [3.63, 3.8) is 0 Å². The molecule has 1 aliphatic carbocycles. The first-order valence-corrected chi connectivity index (χ1v) is 16.6. The number of fused-ring (bicyclic) bond motifs is 1. The monoisotopic (exact) mass is 619 g/mol. The Bertz CT molecular complexity index is 1480. The molecule has 1 N–H and O–H groups in total. The summed E-state index contributed by atoms with van der Waals surface area (Å²) < 4.78 is 21.9. The molecule has 1 aromatic carbocycles. The van der Waals surface area contributed by atoms with Gasteiger partial charge in [-0.1, -0.05) is 0 Å². The summed E-state index contributed by atoms with van der Waals surface area (Å²) in [5.41, 5.74) is 2.75. The van der Waals surface area contributed by atoms with Crippen LogP contribution in [0.2, 0.25) is 0 Å². The number of hydrogen-bond donors (Lipinski definition) is 1. The third-order valence-electron chi connectivity index (χ3n) is 9.63. The maximum Gasteiger partial charge on any atom is 0.407 e. The normalized spacial score (nSPS) is 20.0. The lowest BCUT2D eigenvalue weighted by atomic mass is 9.83. The first-order valence-electron chi connectivity index (χ1n) is 16.6. The molecule has 1 aliphatic heterocycles. The number of amides is 2. The molecule has 244 valence electrons. The number of piperidine rings is 1. The van der Waals surface area contributed by atoms with Gasteiger partial charge in [0.2, 0.25) is 0 Å². The molecule has 0 radical (unpaired) electrons. The van der Waals surface area contributed by atoms with E-state index < -0.39 is 11.4 Å². The number of ether oxygens (including phenoxy) is 1. The molecule has 0 bridgehead atoms. The van der Waals surface area contributed by atoms with Gasteiger partial charge in [0.25, 0.3) is 5.91 Å². The fourth-order valence-electron chi connectivity index (χ4n) is 6.84. The van der Waals surface area contributed by atoms with E-state index in [1.165, 1.54) is 24.1 Å². The molecule has 0 unspecified atom stereocenters. The lowest BCUT2D eigenvalue weighted by molar-refractivity contribution is 0.0485. The number of carbonyl (C=O) groups is 2. The molecule has 0 spiro atoms. The molecule has 0 atom stereocenters. The first-order chi connectivity index (χ1) is 21.4. The van der Waals surface area contributed by atoms with Crippen molar-refractivity contribution in [2.24, 2.45) is 5.92 Å². The van der Waals surface area contributed by atoms with E-state index in [-0.39, 0.29) is 24.1 Å². The minimum atomic E-state index is -0.472. The van der Waals surface area contributed by atoms with Crippen LogP contribution >= 0.6 is 0 Å². The molecule has 3 heterocycles. The van der Waals surface area contributed by atoms with Gasteiger partial charge in [0, 0.05) is 36.9 Å². The van der Waals surface area contributed by atoms with Gasteiger partial charge in [-0.05, 0) is 141 Å². The van der Waals surface area contributed by atoms with Gasteiger partial charge in [-0.3, -0.25) is 9.78 Å². The van der Waals surface area contributed by atoms with Gasteiger partial charge in [0.05, 0.1) is 23.0 Å². The number of nitrogens with zero attached hydrogens (tertiary/aromatic N) is 4. The minimum Gasteiger partial charge on any atom is -0.444 e. The number of rotatable bonds is 8. The summed E-state index contributed by atoms with van der Waals surface area (Å²) in [7, 11) is 1.76. The number of pyridine rings is 1. The molecule has 2 fully saturated rings. The Kier molecular flexibility index (Phi) is 10.2. The average molecular weight is 620 g/mol. The molecule has 45 heavy (non-hydrogen) atoms. The van der Waals surface area contributed by atoms with E-state index in [1.54, 1.807) is 18.0 Å². The summed E-state index contributed by atoms with van der Waals surface area (Å²) in [6, 6.07) is 6.74. The van der Waals surface area contributed by atoms with Crippen LogP contribution in [0.25, 0.3) is 16.6 Å². The van der Waals surface area contributed by atoms with E-state index in [0.717, 1.165) is 69.1 Å². The van der Waals surface area contributed by atoms with Gasteiger partial charge < -0.3 is 24.4 Å². The Morgan fingerprint density at radius 2 is 1.80 bits per heavy atom. The van der Waals surface area contributed by atoms with Crippen molar-refractivity contribution in [3.8, 4) is 5.69 Å². The number of nitrogens with one attached hydrogen (secondary N) is 1. The SMILES string of the molecule is CC(C)N(C)C(=O)c1cc(F)ccc1-n1cc(C2CCN(CCC3CCC(NC(=O)OC(C)(C)C)CC3)CC2)c2ccncc21. The molecule has 1 saturated carbocycles. The number of likely N-dealkylation sites (tertiary alicyclic amines) is 1. The predicted molar refractivity (Wildman–Crippen MR) is 176 cm³/mol. The topological polar surface area (TPSA) is 79.7 Å². The van der Waals surface area contributed by atoms with Gasteiger partial charge in [-0.25, -0.2) is 9.18 Å². The van der Waals surface area contributed by atoms with Crippen molar-refractivity contribution in [2.45, 2.75) is 103 Å². The van der Waals surface area contributed by atoms with Crippen molar-refractivity contribution in [1.82, 2.24) is 24.7 Å². The number of aromatic nitrogens is 2. The second-order valence-corrected chi connectivity index (χ2v) is 14.3. The second-order valence-electron chi connectivity index (χ2n) is 14.3. The highest BCUT2D eigenvalue weighted by Crippen LogP contribution is 2.37. The van der Waals surface area contributed by atoms with Crippen LogP contribution in [-0.4, -0.2) is 75.7 Å². The van der Waals surface area contributed by atoms with E-state index in [4.69, 9.17) is 4.74 Å². The average Bonchev–Trinajstić information content (AvgIpc) is 3.38. The van der Waals surface area contributed by atoms with Crippen LogP contribution in [0.15, 0.2) is 42.9 Å². The molecule has 2 aromatic heterocycles. The molecular formula is C36H50FN5O3. The standard InChI is InChI=1S/C36H50FN5O3/c1-24(2)40(6)34(43)30-21-27(37)9-12-32(30)42-23-31(29-13-17-38-22-33(29)42)26-15-19-41(20-16-26)18-14-25-7-10-28(11-8-25)39-35(44)45-36(3,4)5/h9,12-13,17,21-26,28H,7-8,10-11,14-16,18-20H2,1-6H3,(H,39,44). The second kappa shape index (κ2) is 13.9. The first kappa shape index (κ1) is 32.9. The summed E-state index contributed by atoms with van der Waals surface area (Å²) >= 11 is 0. The van der Waals surface area contributed by atoms with Crippen LogP contribution in [0.5, 0.6) is 0 Å². The van der Waals surface area contributed by atoms with Gasteiger partial charge in [0.1, 0.15) is 11.4 Å². The highest BCUT2D eigenvalue weighted by atomic mass is 19.1. The molecule has 8 nitrogen and oxygen atoms in total. The maximum atomic E-state index is 14.4. The van der Waals surface area contributed by atoms with Gasteiger partial charge in [-0.15, -0.1) is 0 Å². The van der Waals surface area contributed by atoms with E-state index in [1.807, 2.05) is 51.6 Å². The van der Waals surface area contributed by atoms with Crippen molar-refractivity contribution in [2.75, 3.05) is 26.7 Å². The molecule has 1 saturated heterocycles. The Labute approximate surface area is 267 Å². The van der Waals surface area contributed by atoms with E-state index >= 15 is 0 Å². The lowest BCUT2D eigenvalue weighted by Crippen LogP contribution is -2.41. The largest absolute Gasteiger partial charge is 0.444 e. The molecule has 2 aliphatic rings. The Morgan fingerprint density at radius 1 is 1.09 bits per heavy atom. The fourth-order valence-corrected chi connectivity index (χ4v) is 6.84. The van der Waals surface area contributed by atoms with Crippen molar-refractivity contribution < 1.29 is 18.7 Å². The number of benzene rings is 1. The van der Waals surface area contributed by atoms with Gasteiger partial charge >= 0.3 is 6.09 Å². The van der Waals surface area contributed by atoms with E-state index in [2.05, 4.69) is 27.5 Å². The zero-order chi connectivity index (χ0) is 32.3. The third kappa shape index (κ3) is 8.04. The fraction of sp³-hybridized carbons (Fsp3) is 0.583. The van der Waals surface area contributed by atoms with E-state index in [0.29, 0.717) is 23.1 Å². The summed E-state index contributed by atoms with van der Waals surface area (Å²) in [6.07, 6.45) is 13.2. The molecule has 5 rings (SSSR count). The van der Waals surface area contributed by atoms with Crippen molar-refractivity contribution >= 4 is 22.9 Å². The summed E-state index contributed by atoms with van der Waals surface area (Å²) in [6.45, 7) is 12.8. The number of halogens is 1.